The molecule has 6 heteroatoms. The number of anilines is 2. The first-order valence-electron chi connectivity index (χ1n) is 5.67. The summed E-state index contributed by atoms with van der Waals surface area (Å²) < 4.78 is 0. The van der Waals surface area contributed by atoms with Crippen molar-refractivity contribution in [3.05, 3.63) is 46.9 Å². The summed E-state index contributed by atoms with van der Waals surface area (Å²) in [5, 5.41) is 6.16. The van der Waals surface area contributed by atoms with Crippen molar-refractivity contribution < 1.29 is 4.79 Å². The minimum atomic E-state index is -0.324. The zero-order valence-corrected chi connectivity index (χ0v) is 11.3. The molecule has 5 nitrogen and oxygen atoms in total. The molecule has 0 spiro atoms. The predicted molar refractivity (Wildman–Crippen MR) is 75.7 cm³/mol. The maximum absolute atomic E-state index is 12.1. The Morgan fingerprint density at radius 3 is 2.84 bits per heavy atom. The number of nitrogens with one attached hydrogen (secondary N) is 2. The third kappa shape index (κ3) is 3.20. The second-order valence-corrected chi connectivity index (χ2v) is 4.39. The molecule has 0 radical (unpaired) electrons. The van der Waals surface area contributed by atoms with Crippen LogP contribution in [0.3, 0.4) is 0 Å². The summed E-state index contributed by atoms with van der Waals surface area (Å²) in [6.45, 7) is 1.89. The number of hydrogen-bond donors (Lipinski definition) is 2. The van der Waals surface area contributed by atoms with Crippen molar-refractivity contribution in [2.24, 2.45) is 0 Å². The van der Waals surface area contributed by atoms with Crippen LogP contribution >= 0.6 is 11.6 Å². The van der Waals surface area contributed by atoms with Gasteiger partial charge in [0.25, 0.3) is 5.91 Å². The van der Waals surface area contributed by atoms with Crippen LogP contribution in [-0.2, 0) is 0 Å². The van der Waals surface area contributed by atoms with E-state index in [1.807, 2.05) is 13.0 Å². The van der Waals surface area contributed by atoms with Crippen LogP contribution in [0.5, 0.6) is 0 Å². The molecule has 0 unspecified atom stereocenters. The zero-order valence-electron chi connectivity index (χ0n) is 10.6. The van der Waals surface area contributed by atoms with Crippen molar-refractivity contribution in [3.8, 4) is 0 Å². The Balaban J connectivity index is 2.22. The van der Waals surface area contributed by atoms with E-state index in [0.717, 1.165) is 5.56 Å². The summed E-state index contributed by atoms with van der Waals surface area (Å²) in [7, 11) is 1.72. The molecule has 1 amide bonds. The van der Waals surface area contributed by atoms with Crippen LogP contribution in [0.1, 0.15) is 16.1 Å². The van der Waals surface area contributed by atoms with Crippen molar-refractivity contribution in [3.63, 3.8) is 0 Å². The number of aromatic nitrogens is 2. The second kappa shape index (κ2) is 5.67. The highest BCUT2D eigenvalue weighted by molar-refractivity contribution is 6.31. The molecular formula is C13H13ClN4O. The monoisotopic (exact) mass is 276 g/mol. The molecular weight excluding hydrogens is 264 g/mol. The zero-order chi connectivity index (χ0) is 13.8. The maximum Gasteiger partial charge on any atom is 0.275 e. The fourth-order valence-corrected chi connectivity index (χ4v) is 1.68. The third-order valence-electron chi connectivity index (χ3n) is 2.57. The number of carbonyl (C=O) groups excluding carboxylic acids is 1. The average Bonchev–Trinajstić information content (AvgIpc) is 2.43. The van der Waals surface area contributed by atoms with Crippen LogP contribution in [0.4, 0.5) is 11.5 Å². The molecule has 0 aliphatic heterocycles. The van der Waals surface area contributed by atoms with Gasteiger partial charge in [-0.1, -0.05) is 17.7 Å². The molecule has 0 saturated heterocycles. The minimum Gasteiger partial charge on any atom is -0.372 e. The Kier molecular flexibility index (Phi) is 3.97. The lowest BCUT2D eigenvalue weighted by atomic mass is 10.2. The van der Waals surface area contributed by atoms with Gasteiger partial charge in [0.2, 0.25) is 0 Å². The fraction of sp³-hybridized carbons (Fsp3) is 0.154. The summed E-state index contributed by atoms with van der Waals surface area (Å²) in [6.07, 6.45) is 2.96. The average molecular weight is 277 g/mol. The van der Waals surface area contributed by atoms with E-state index in [2.05, 4.69) is 20.6 Å². The molecule has 0 bridgehead atoms. The molecule has 1 aromatic heterocycles. The second-order valence-electron chi connectivity index (χ2n) is 3.95. The summed E-state index contributed by atoms with van der Waals surface area (Å²) in [5.41, 5.74) is 1.83. The highest BCUT2D eigenvalue weighted by Gasteiger charge is 2.10. The summed E-state index contributed by atoms with van der Waals surface area (Å²) in [5.74, 6) is 0.213. The SMILES string of the molecule is CNc1cncc(C(=O)Nc2cc(Cl)ccc2C)n1. The minimum absolute atomic E-state index is 0.242. The summed E-state index contributed by atoms with van der Waals surface area (Å²) >= 11 is 5.90. The van der Waals surface area contributed by atoms with Gasteiger partial charge in [0.1, 0.15) is 11.5 Å². The number of aryl methyl sites for hydroxylation is 1. The molecule has 2 N–H and O–H groups in total. The predicted octanol–water partition coefficient (Wildman–Crippen LogP) is 2.73. The summed E-state index contributed by atoms with van der Waals surface area (Å²) in [4.78, 5) is 20.1. The van der Waals surface area contributed by atoms with E-state index in [9.17, 15) is 4.79 Å². The van der Waals surface area contributed by atoms with E-state index in [-0.39, 0.29) is 11.6 Å². The van der Waals surface area contributed by atoms with E-state index >= 15 is 0 Å². The number of amides is 1. The molecule has 2 aromatic rings. The number of halogens is 1. The van der Waals surface area contributed by atoms with Gasteiger partial charge in [-0.3, -0.25) is 9.78 Å². The molecule has 0 saturated carbocycles. The molecule has 2 rings (SSSR count). The molecule has 0 aliphatic rings. The third-order valence-corrected chi connectivity index (χ3v) is 2.81. The van der Waals surface area contributed by atoms with Gasteiger partial charge in [0.05, 0.1) is 12.4 Å². The van der Waals surface area contributed by atoms with Gasteiger partial charge in [-0.05, 0) is 24.6 Å². The lowest BCUT2D eigenvalue weighted by molar-refractivity contribution is 0.102. The molecule has 19 heavy (non-hydrogen) atoms. The normalized spacial score (nSPS) is 10.1. The van der Waals surface area contributed by atoms with Gasteiger partial charge in [-0.2, -0.15) is 0 Å². The number of benzene rings is 1. The fourth-order valence-electron chi connectivity index (χ4n) is 1.51. The Bertz CT molecular complexity index is 615. The van der Waals surface area contributed by atoms with E-state index in [1.54, 1.807) is 25.4 Å². The van der Waals surface area contributed by atoms with Gasteiger partial charge in [-0.25, -0.2) is 4.98 Å². The highest BCUT2D eigenvalue weighted by atomic mass is 35.5. The van der Waals surface area contributed by atoms with Gasteiger partial charge in [0.15, 0.2) is 0 Å². The van der Waals surface area contributed by atoms with Crippen molar-refractivity contribution in [2.75, 3.05) is 17.7 Å². The molecule has 0 atom stereocenters. The molecule has 0 aliphatic carbocycles. The molecule has 1 aromatic carbocycles. The quantitative estimate of drug-likeness (QED) is 0.905. The Labute approximate surface area is 116 Å². The lowest BCUT2D eigenvalue weighted by Gasteiger charge is -2.08. The molecule has 0 fully saturated rings. The van der Waals surface area contributed by atoms with Gasteiger partial charge in [0, 0.05) is 17.8 Å². The first kappa shape index (κ1) is 13.3. The van der Waals surface area contributed by atoms with Gasteiger partial charge < -0.3 is 10.6 Å². The van der Waals surface area contributed by atoms with Crippen molar-refractivity contribution in [2.45, 2.75) is 6.92 Å². The number of carbonyl (C=O) groups is 1. The van der Waals surface area contributed by atoms with Crippen LogP contribution in [0, 0.1) is 6.92 Å². The maximum atomic E-state index is 12.1. The highest BCUT2D eigenvalue weighted by Crippen LogP contribution is 2.20. The Morgan fingerprint density at radius 1 is 1.32 bits per heavy atom. The smallest absolute Gasteiger partial charge is 0.275 e. The largest absolute Gasteiger partial charge is 0.372 e. The number of nitrogens with zero attached hydrogens (tertiary/aromatic N) is 2. The first-order chi connectivity index (χ1) is 9.10. The molecule has 98 valence electrons. The van der Waals surface area contributed by atoms with E-state index in [4.69, 9.17) is 11.6 Å². The Hall–Kier alpha value is -2.14. The van der Waals surface area contributed by atoms with E-state index in [0.29, 0.717) is 16.5 Å². The van der Waals surface area contributed by atoms with Crippen LogP contribution < -0.4 is 10.6 Å². The standard InChI is InChI=1S/C13H13ClN4O/c1-8-3-4-9(14)5-10(8)18-13(19)11-6-16-7-12(15-2)17-11/h3-7H,1-2H3,(H,15,17)(H,18,19). The van der Waals surface area contributed by atoms with Crippen molar-refractivity contribution >= 4 is 29.0 Å². The van der Waals surface area contributed by atoms with Crippen molar-refractivity contribution in [1.82, 2.24) is 9.97 Å². The topological polar surface area (TPSA) is 66.9 Å². The van der Waals surface area contributed by atoms with E-state index < -0.39 is 0 Å². The van der Waals surface area contributed by atoms with Crippen LogP contribution in [0.15, 0.2) is 30.6 Å². The first-order valence-corrected chi connectivity index (χ1v) is 6.05. The molecule has 1 heterocycles. The number of rotatable bonds is 3. The number of hydrogen-bond acceptors (Lipinski definition) is 4. The lowest BCUT2D eigenvalue weighted by Crippen LogP contribution is -2.15. The Morgan fingerprint density at radius 2 is 2.11 bits per heavy atom. The van der Waals surface area contributed by atoms with Crippen LogP contribution in [-0.4, -0.2) is 22.9 Å². The van der Waals surface area contributed by atoms with Gasteiger partial charge >= 0.3 is 0 Å². The van der Waals surface area contributed by atoms with Gasteiger partial charge in [-0.15, -0.1) is 0 Å². The van der Waals surface area contributed by atoms with E-state index in [1.165, 1.54) is 6.20 Å². The van der Waals surface area contributed by atoms with Crippen LogP contribution in [0.2, 0.25) is 5.02 Å². The van der Waals surface area contributed by atoms with Crippen molar-refractivity contribution in [1.29, 1.82) is 0 Å². The summed E-state index contributed by atoms with van der Waals surface area (Å²) in [6, 6.07) is 5.31. The van der Waals surface area contributed by atoms with Crippen LogP contribution in [0.25, 0.3) is 0 Å².